The van der Waals surface area contributed by atoms with Crippen LogP contribution in [0.4, 0.5) is 11.5 Å². The van der Waals surface area contributed by atoms with E-state index in [-0.39, 0.29) is 0 Å². The van der Waals surface area contributed by atoms with Gasteiger partial charge in [0.15, 0.2) is 0 Å². The van der Waals surface area contributed by atoms with Gasteiger partial charge in [-0.1, -0.05) is 13.8 Å². The highest BCUT2D eigenvalue weighted by atomic mass is 16.6. The number of hydrogen-bond donors (Lipinski definition) is 2. The Kier molecular flexibility index (Phi) is 8.46. The molecule has 0 saturated heterocycles. The third kappa shape index (κ3) is 4.76. The van der Waals surface area contributed by atoms with Crippen LogP contribution in [-0.4, -0.2) is 55.7 Å². The predicted octanol–water partition coefficient (Wildman–Crippen LogP) is -0.266. The van der Waals surface area contributed by atoms with E-state index in [4.69, 9.17) is 10.7 Å². The zero-order valence-corrected chi connectivity index (χ0v) is 13.6. The molecule has 0 aliphatic carbocycles. The highest BCUT2D eigenvalue weighted by molar-refractivity contribution is 5.92. The van der Waals surface area contributed by atoms with Gasteiger partial charge in [-0.2, -0.15) is 16.3 Å². The van der Waals surface area contributed by atoms with Gasteiger partial charge in [0.05, 0.1) is 35.3 Å². The molecule has 7 nitrogen and oxygen atoms in total. The summed E-state index contributed by atoms with van der Waals surface area (Å²) in [5.74, 6) is 7.70. The molecule has 1 aromatic rings. The minimum atomic E-state index is 0.684. The first-order valence-corrected chi connectivity index (χ1v) is 6.56. The van der Waals surface area contributed by atoms with Crippen molar-refractivity contribution in [1.29, 1.82) is 0 Å². The Hall–Kier alpha value is -1.70. The molecule has 0 aromatic carbocycles. The molecular weight excluding hydrogens is 256 g/mol. The Labute approximate surface area is 121 Å². The van der Waals surface area contributed by atoms with Crippen molar-refractivity contribution in [2.24, 2.45) is 5.84 Å². The van der Waals surface area contributed by atoms with Crippen LogP contribution in [0.2, 0.25) is 0 Å². The van der Waals surface area contributed by atoms with Crippen LogP contribution >= 0.6 is 0 Å². The molecule has 1 aromatic heterocycles. The van der Waals surface area contributed by atoms with Crippen molar-refractivity contribution in [3.63, 3.8) is 0 Å². The van der Waals surface area contributed by atoms with E-state index in [0.29, 0.717) is 5.82 Å². The molecule has 1 heterocycles. The van der Waals surface area contributed by atoms with Gasteiger partial charge in [-0.25, -0.2) is 4.84 Å². The first-order chi connectivity index (χ1) is 9.49. The molecule has 20 heavy (non-hydrogen) atoms. The van der Waals surface area contributed by atoms with Crippen LogP contribution in [0.15, 0.2) is 18.3 Å². The van der Waals surface area contributed by atoms with E-state index in [2.05, 4.69) is 4.98 Å². The normalized spacial score (nSPS) is 9.40. The SMILES string of the molecule is CC.CO[NH2+]c1ncccc1N(N)C(N(C)C)=[N+](C)C. The molecular formula is C13H28N6O+2. The van der Waals surface area contributed by atoms with Crippen molar-refractivity contribution in [2.45, 2.75) is 13.8 Å². The average molecular weight is 284 g/mol. The fraction of sp³-hybridized carbons (Fsp3) is 0.538. The quantitative estimate of drug-likeness (QED) is 0.263. The lowest BCUT2D eigenvalue weighted by molar-refractivity contribution is -0.832. The molecule has 0 fully saturated rings. The molecule has 114 valence electrons. The van der Waals surface area contributed by atoms with E-state index in [1.54, 1.807) is 23.8 Å². The van der Waals surface area contributed by atoms with Crippen LogP contribution in [-0.2, 0) is 4.84 Å². The van der Waals surface area contributed by atoms with Crippen LogP contribution < -0.4 is 16.3 Å². The largest absolute Gasteiger partial charge is 0.372 e. The van der Waals surface area contributed by atoms with Crippen LogP contribution in [0.3, 0.4) is 0 Å². The van der Waals surface area contributed by atoms with Crippen molar-refractivity contribution in [1.82, 2.24) is 9.88 Å². The summed E-state index contributed by atoms with van der Waals surface area (Å²) < 4.78 is 1.93. The van der Waals surface area contributed by atoms with Crippen molar-refractivity contribution in [3.8, 4) is 0 Å². The van der Waals surface area contributed by atoms with Crippen molar-refractivity contribution in [2.75, 3.05) is 40.3 Å². The van der Waals surface area contributed by atoms with Gasteiger partial charge >= 0.3 is 5.96 Å². The van der Waals surface area contributed by atoms with E-state index in [0.717, 1.165) is 11.6 Å². The van der Waals surface area contributed by atoms with Gasteiger partial charge in [0.2, 0.25) is 5.69 Å². The monoisotopic (exact) mass is 284 g/mol. The smallest absolute Gasteiger partial charge is 0.268 e. The summed E-state index contributed by atoms with van der Waals surface area (Å²) in [5.41, 5.74) is 2.34. The molecule has 0 radical (unpaired) electrons. The van der Waals surface area contributed by atoms with Crippen LogP contribution in [0.5, 0.6) is 0 Å². The second kappa shape index (κ2) is 9.24. The Balaban J connectivity index is 0.00000172. The summed E-state index contributed by atoms with van der Waals surface area (Å²) in [4.78, 5) is 11.2. The number of hydrazine groups is 1. The molecule has 0 unspecified atom stereocenters. The third-order valence-corrected chi connectivity index (χ3v) is 2.32. The van der Waals surface area contributed by atoms with E-state index >= 15 is 0 Å². The van der Waals surface area contributed by atoms with Gasteiger partial charge in [-0.3, -0.25) is 9.48 Å². The van der Waals surface area contributed by atoms with Crippen LogP contribution in [0.1, 0.15) is 13.8 Å². The molecule has 7 heteroatoms. The fourth-order valence-corrected chi connectivity index (χ4v) is 1.75. The predicted molar refractivity (Wildman–Crippen MR) is 81.6 cm³/mol. The summed E-state index contributed by atoms with van der Waals surface area (Å²) >= 11 is 0. The number of hydrogen-bond acceptors (Lipinski definition) is 3. The number of nitrogens with zero attached hydrogens (tertiary/aromatic N) is 4. The Morgan fingerprint density at radius 3 is 2.40 bits per heavy atom. The van der Waals surface area contributed by atoms with Gasteiger partial charge in [0.25, 0.3) is 5.82 Å². The number of pyridine rings is 1. The second-order valence-electron chi connectivity index (χ2n) is 4.22. The van der Waals surface area contributed by atoms with E-state index in [9.17, 15) is 0 Å². The molecule has 0 bridgehead atoms. The topological polar surface area (TPSA) is 74.2 Å². The number of quaternary nitrogens is 1. The maximum absolute atomic E-state index is 6.17. The highest BCUT2D eigenvalue weighted by Gasteiger charge is 2.26. The van der Waals surface area contributed by atoms with Crippen molar-refractivity contribution in [3.05, 3.63) is 18.3 Å². The van der Waals surface area contributed by atoms with Gasteiger partial charge in [-0.05, 0) is 12.1 Å². The lowest BCUT2D eigenvalue weighted by Crippen LogP contribution is -2.77. The fourth-order valence-electron chi connectivity index (χ4n) is 1.75. The van der Waals surface area contributed by atoms with Crippen molar-refractivity contribution < 1.29 is 14.9 Å². The van der Waals surface area contributed by atoms with E-state index in [1.807, 2.05) is 63.6 Å². The van der Waals surface area contributed by atoms with Gasteiger partial charge in [0, 0.05) is 6.20 Å². The summed E-state index contributed by atoms with van der Waals surface area (Å²) in [6.45, 7) is 4.00. The molecule has 0 atom stereocenters. The molecule has 4 N–H and O–H groups in total. The molecule has 0 amide bonds. The zero-order chi connectivity index (χ0) is 15.7. The van der Waals surface area contributed by atoms with E-state index < -0.39 is 0 Å². The standard InChI is InChI=1S/C11H21N6O.C2H6/c1-15(2)11(16(3)4)17(12)9-7-6-8-13-10(9)14-18-5;1-2/h6-8H,12H2,1-5H3,(H,13,14);1-2H3/q+1;/p+1. The first kappa shape index (κ1) is 18.3. The van der Waals surface area contributed by atoms with E-state index in [1.165, 1.54) is 0 Å². The van der Waals surface area contributed by atoms with Crippen LogP contribution in [0.25, 0.3) is 0 Å². The number of rotatable bonds is 3. The minimum Gasteiger partial charge on any atom is -0.268 e. The van der Waals surface area contributed by atoms with Gasteiger partial charge in [-0.15, -0.1) is 5.01 Å². The van der Waals surface area contributed by atoms with Crippen molar-refractivity contribution >= 4 is 17.5 Å². The second-order valence-corrected chi connectivity index (χ2v) is 4.22. The lowest BCUT2D eigenvalue weighted by Gasteiger charge is -2.20. The van der Waals surface area contributed by atoms with Gasteiger partial charge < -0.3 is 0 Å². The number of aromatic nitrogens is 1. The zero-order valence-electron chi connectivity index (χ0n) is 13.6. The summed E-state index contributed by atoms with van der Waals surface area (Å²) in [5, 5.41) is 1.58. The average Bonchev–Trinajstić information content (AvgIpc) is 2.41. The molecule has 0 spiro atoms. The number of guanidine groups is 1. The number of nitrogens with two attached hydrogens (primary N) is 2. The maximum atomic E-state index is 6.17. The summed E-state index contributed by atoms with van der Waals surface area (Å²) in [6, 6.07) is 3.73. The molecule has 0 aliphatic rings. The molecule has 0 saturated carbocycles. The molecule has 0 aliphatic heterocycles. The summed E-state index contributed by atoms with van der Waals surface area (Å²) in [7, 11) is 9.33. The highest BCUT2D eigenvalue weighted by Crippen LogP contribution is 2.16. The first-order valence-electron chi connectivity index (χ1n) is 6.56. The summed E-state index contributed by atoms with van der Waals surface area (Å²) in [6.07, 6.45) is 1.70. The van der Waals surface area contributed by atoms with Crippen LogP contribution in [0, 0.1) is 0 Å². The maximum Gasteiger partial charge on any atom is 0.372 e. The lowest BCUT2D eigenvalue weighted by atomic mass is 10.4. The number of anilines is 1. The minimum absolute atomic E-state index is 0.684. The Bertz CT molecular complexity index is 429. The Morgan fingerprint density at radius 2 is 1.95 bits per heavy atom. The van der Waals surface area contributed by atoms with Gasteiger partial charge in [0.1, 0.15) is 0 Å². The molecule has 1 rings (SSSR count). The Morgan fingerprint density at radius 1 is 1.35 bits per heavy atom. The third-order valence-electron chi connectivity index (χ3n) is 2.32.